The maximum atomic E-state index is 12.6. The summed E-state index contributed by atoms with van der Waals surface area (Å²) in [6.45, 7) is -0.0453. The average Bonchev–Trinajstić information content (AvgIpc) is 2.20. The molecule has 0 heterocycles. The van der Waals surface area contributed by atoms with Crippen molar-refractivity contribution in [3.8, 4) is 0 Å². The average molecular weight is 226 g/mol. The van der Waals surface area contributed by atoms with Crippen LogP contribution in [0.25, 0.3) is 0 Å². The Morgan fingerprint density at radius 2 is 1.88 bits per heavy atom. The third-order valence-corrected chi connectivity index (χ3v) is 1.95. The van der Waals surface area contributed by atoms with Gasteiger partial charge < -0.3 is 10.8 Å². The van der Waals surface area contributed by atoms with E-state index < -0.39 is 17.8 Å². The zero-order chi connectivity index (χ0) is 12.1. The molecule has 0 bridgehead atoms. The van der Waals surface area contributed by atoms with Gasteiger partial charge in [-0.2, -0.15) is 0 Å². The highest BCUT2D eigenvalue weighted by Gasteiger charge is 2.13. The van der Waals surface area contributed by atoms with Gasteiger partial charge in [-0.05, 0) is 24.3 Å². The van der Waals surface area contributed by atoms with E-state index in [1.165, 1.54) is 24.3 Å². The summed E-state index contributed by atoms with van der Waals surface area (Å²) in [6, 6.07) is 4.30. The van der Waals surface area contributed by atoms with E-state index in [0.717, 1.165) is 4.90 Å². The molecule has 0 aliphatic carbocycles. The highest BCUT2D eigenvalue weighted by Crippen LogP contribution is 2.14. The predicted octanol–water partition coefficient (Wildman–Crippen LogP) is 1.19. The largest absolute Gasteiger partial charge is 0.481 e. The van der Waals surface area contributed by atoms with Gasteiger partial charge in [-0.15, -0.1) is 0 Å². The minimum Gasteiger partial charge on any atom is -0.481 e. The molecular formula is C10H11FN2O3. The van der Waals surface area contributed by atoms with Crippen LogP contribution in [0, 0.1) is 5.82 Å². The minimum atomic E-state index is -1.03. The quantitative estimate of drug-likeness (QED) is 0.808. The van der Waals surface area contributed by atoms with Crippen LogP contribution in [0.5, 0.6) is 0 Å². The van der Waals surface area contributed by atoms with Crippen LogP contribution >= 0.6 is 0 Å². The number of hydrogen-bond acceptors (Lipinski definition) is 2. The van der Waals surface area contributed by atoms with E-state index in [1.807, 2.05) is 0 Å². The van der Waals surface area contributed by atoms with Gasteiger partial charge in [0.25, 0.3) is 0 Å². The molecule has 16 heavy (non-hydrogen) atoms. The lowest BCUT2D eigenvalue weighted by Gasteiger charge is -2.19. The lowest BCUT2D eigenvalue weighted by Crippen LogP contribution is -2.37. The van der Waals surface area contributed by atoms with Crippen LogP contribution < -0.4 is 10.6 Å². The number of carboxylic acid groups (broad SMARTS) is 1. The number of rotatable bonds is 4. The summed E-state index contributed by atoms with van der Waals surface area (Å²) in [4.78, 5) is 22.5. The Bertz CT molecular complexity index is 392. The van der Waals surface area contributed by atoms with E-state index >= 15 is 0 Å². The summed E-state index contributed by atoms with van der Waals surface area (Å²) in [5.74, 6) is -1.47. The smallest absolute Gasteiger partial charge is 0.319 e. The van der Waals surface area contributed by atoms with Crippen LogP contribution in [0.15, 0.2) is 24.3 Å². The highest BCUT2D eigenvalue weighted by molar-refractivity contribution is 5.91. The number of carbonyl (C=O) groups excluding carboxylic acids is 1. The molecule has 2 amide bonds. The molecule has 6 heteroatoms. The predicted molar refractivity (Wildman–Crippen MR) is 55.6 cm³/mol. The number of urea groups is 1. The first-order valence-electron chi connectivity index (χ1n) is 4.55. The van der Waals surface area contributed by atoms with E-state index in [2.05, 4.69) is 0 Å². The van der Waals surface area contributed by atoms with Crippen LogP contribution in [-0.2, 0) is 4.79 Å². The number of amides is 2. The van der Waals surface area contributed by atoms with Crippen LogP contribution in [0.4, 0.5) is 14.9 Å². The van der Waals surface area contributed by atoms with E-state index in [9.17, 15) is 14.0 Å². The van der Waals surface area contributed by atoms with Crippen molar-refractivity contribution in [2.45, 2.75) is 6.42 Å². The second-order valence-electron chi connectivity index (χ2n) is 3.11. The van der Waals surface area contributed by atoms with Crippen molar-refractivity contribution in [2.24, 2.45) is 5.73 Å². The van der Waals surface area contributed by atoms with Crippen molar-refractivity contribution >= 4 is 17.7 Å². The normalized spacial score (nSPS) is 9.81. The van der Waals surface area contributed by atoms with Gasteiger partial charge in [0.15, 0.2) is 0 Å². The molecule has 0 fully saturated rings. The van der Waals surface area contributed by atoms with E-state index in [4.69, 9.17) is 10.8 Å². The molecule has 1 rings (SSSR count). The Kier molecular flexibility index (Phi) is 3.82. The third kappa shape index (κ3) is 3.23. The summed E-state index contributed by atoms with van der Waals surface area (Å²) in [5, 5.41) is 8.50. The third-order valence-electron chi connectivity index (χ3n) is 1.95. The Balaban J connectivity index is 2.81. The van der Waals surface area contributed by atoms with Gasteiger partial charge in [0.2, 0.25) is 0 Å². The first-order valence-corrected chi connectivity index (χ1v) is 4.55. The molecule has 0 radical (unpaired) electrons. The first-order chi connectivity index (χ1) is 7.50. The molecule has 3 N–H and O–H groups in total. The summed E-state index contributed by atoms with van der Waals surface area (Å²) >= 11 is 0. The Morgan fingerprint density at radius 3 is 2.31 bits per heavy atom. The van der Waals surface area contributed by atoms with Gasteiger partial charge in [-0.25, -0.2) is 9.18 Å². The fraction of sp³-hybridized carbons (Fsp3) is 0.200. The van der Waals surface area contributed by atoms with Crippen LogP contribution in [0.3, 0.4) is 0 Å². The summed E-state index contributed by atoms with van der Waals surface area (Å²) in [5.41, 5.74) is 5.46. The molecule has 0 aliphatic rings. The van der Waals surface area contributed by atoms with Gasteiger partial charge in [0.1, 0.15) is 5.82 Å². The lowest BCUT2D eigenvalue weighted by molar-refractivity contribution is -0.136. The van der Waals surface area contributed by atoms with Crippen molar-refractivity contribution in [3.05, 3.63) is 30.1 Å². The lowest BCUT2D eigenvalue weighted by atomic mass is 10.2. The number of aliphatic carboxylic acids is 1. The molecule has 86 valence electrons. The van der Waals surface area contributed by atoms with Gasteiger partial charge in [-0.3, -0.25) is 9.69 Å². The molecule has 0 spiro atoms. The second kappa shape index (κ2) is 5.11. The zero-order valence-corrected chi connectivity index (χ0v) is 8.39. The van der Waals surface area contributed by atoms with Gasteiger partial charge in [0, 0.05) is 12.2 Å². The van der Waals surface area contributed by atoms with E-state index in [0.29, 0.717) is 5.69 Å². The van der Waals surface area contributed by atoms with Crippen molar-refractivity contribution < 1.29 is 19.1 Å². The molecule has 0 aliphatic heterocycles. The highest BCUT2D eigenvalue weighted by atomic mass is 19.1. The number of primary amides is 1. The second-order valence-corrected chi connectivity index (χ2v) is 3.11. The first kappa shape index (κ1) is 12.0. The van der Waals surface area contributed by atoms with Gasteiger partial charge >= 0.3 is 12.0 Å². The Morgan fingerprint density at radius 1 is 1.31 bits per heavy atom. The topological polar surface area (TPSA) is 83.6 Å². The number of nitrogens with two attached hydrogens (primary N) is 1. The molecule has 0 unspecified atom stereocenters. The maximum absolute atomic E-state index is 12.6. The molecule has 5 nitrogen and oxygen atoms in total. The number of halogens is 1. The molecule has 0 saturated carbocycles. The number of carbonyl (C=O) groups is 2. The van der Waals surface area contributed by atoms with Crippen LogP contribution in [0.2, 0.25) is 0 Å². The minimum absolute atomic E-state index is 0.0453. The number of hydrogen-bond donors (Lipinski definition) is 2. The van der Waals surface area contributed by atoms with Crippen LogP contribution in [-0.4, -0.2) is 23.7 Å². The number of carboxylic acids is 1. The van der Waals surface area contributed by atoms with Gasteiger partial charge in [-0.1, -0.05) is 0 Å². The van der Waals surface area contributed by atoms with E-state index in [-0.39, 0.29) is 13.0 Å². The molecule has 0 saturated heterocycles. The molecule has 1 aromatic rings. The number of benzene rings is 1. The van der Waals surface area contributed by atoms with E-state index in [1.54, 1.807) is 0 Å². The van der Waals surface area contributed by atoms with Gasteiger partial charge in [0.05, 0.1) is 6.42 Å². The zero-order valence-electron chi connectivity index (χ0n) is 8.39. The monoisotopic (exact) mass is 226 g/mol. The molecule has 1 aromatic carbocycles. The summed E-state index contributed by atoms with van der Waals surface area (Å²) in [6.07, 6.45) is -0.222. The number of nitrogens with zero attached hydrogens (tertiary/aromatic N) is 1. The van der Waals surface area contributed by atoms with Crippen molar-refractivity contribution in [3.63, 3.8) is 0 Å². The number of anilines is 1. The fourth-order valence-corrected chi connectivity index (χ4v) is 1.20. The van der Waals surface area contributed by atoms with Crippen molar-refractivity contribution in [1.82, 2.24) is 0 Å². The standard InChI is InChI=1S/C10H11FN2O3/c11-7-1-3-8(4-2-7)13(10(12)16)6-5-9(14)15/h1-4H,5-6H2,(H2,12,16)(H,14,15). The SMILES string of the molecule is NC(=O)N(CCC(=O)O)c1ccc(F)cc1. The Labute approximate surface area is 91.3 Å². The summed E-state index contributed by atoms with van der Waals surface area (Å²) < 4.78 is 12.6. The van der Waals surface area contributed by atoms with Crippen molar-refractivity contribution in [1.29, 1.82) is 0 Å². The summed E-state index contributed by atoms with van der Waals surface area (Å²) in [7, 11) is 0. The molecular weight excluding hydrogens is 215 g/mol. The molecule has 0 aromatic heterocycles. The Hall–Kier alpha value is -2.11. The van der Waals surface area contributed by atoms with Crippen LogP contribution in [0.1, 0.15) is 6.42 Å². The fourth-order valence-electron chi connectivity index (χ4n) is 1.20. The maximum Gasteiger partial charge on any atom is 0.319 e. The molecule has 0 atom stereocenters. The van der Waals surface area contributed by atoms with Crippen molar-refractivity contribution in [2.75, 3.05) is 11.4 Å².